The van der Waals surface area contributed by atoms with E-state index >= 15 is 0 Å². The summed E-state index contributed by atoms with van der Waals surface area (Å²) >= 11 is 0. The lowest BCUT2D eigenvalue weighted by Gasteiger charge is -2.21. The molecule has 1 aliphatic rings. The molecule has 0 bridgehead atoms. The average molecular weight is 248 g/mol. The number of carbonyl (C=O) groups excluding carboxylic acids is 1. The number of carboxylic acid groups (broad SMARTS) is 1. The molecule has 0 saturated carbocycles. The minimum Gasteiger partial charge on any atom is -0.480 e. The van der Waals surface area contributed by atoms with E-state index in [1.807, 2.05) is 6.07 Å². The molecule has 1 aromatic rings. The van der Waals surface area contributed by atoms with Crippen LogP contribution in [0.4, 0.5) is 0 Å². The van der Waals surface area contributed by atoms with Gasteiger partial charge in [0.05, 0.1) is 6.67 Å². The number of rotatable bonds is 4. The van der Waals surface area contributed by atoms with Gasteiger partial charge in [-0.3, -0.25) is 14.5 Å². The Morgan fingerprint density at radius 2 is 2.06 bits per heavy atom. The van der Waals surface area contributed by atoms with Crippen molar-refractivity contribution in [3.8, 4) is 0 Å². The second-order valence-electron chi connectivity index (χ2n) is 4.34. The summed E-state index contributed by atoms with van der Waals surface area (Å²) in [4.78, 5) is 24.5. The quantitative estimate of drug-likeness (QED) is 0.831. The SMILES string of the molecule is O=C(NCN1CCCC1C(=O)O)c1ccccc1. The summed E-state index contributed by atoms with van der Waals surface area (Å²) in [7, 11) is 0. The molecule has 0 aliphatic carbocycles. The Bertz CT molecular complexity index is 433. The standard InChI is InChI=1S/C13H16N2O3/c16-12(10-5-2-1-3-6-10)14-9-15-8-4-7-11(15)13(17)18/h1-3,5-6,11H,4,7-9H2,(H,14,16)(H,17,18). The zero-order valence-corrected chi connectivity index (χ0v) is 10.0. The summed E-state index contributed by atoms with van der Waals surface area (Å²) in [5.41, 5.74) is 0.587. The fourth-order valence-electron chi connectivity index (χ4n) is 2.16. The molecular formula is C13H16N2O3. The molecule has 1 saturated heterocycles. The van der Waals surface area contributed by atoms with Gasteiger partial charge in [0.2, 0.25) is 0 Å². The molecular weight excluding hydrogens is 232 g/mol. The van der Waals surface area contributed by atoms with E-state index in [-0.39, 0.29) is 12.6 Å². The number of amides is 1. The van der Waals surface area contributed by atoms with Crippen molar-refractivity contribution in [1.29, 1.82) is 0 Å². The number of carbonyl (C=O) groups is 2. The van der Waals surface area contributed by atoms with Crippen LogP contribution < -0.4 is 5.32 Å². The minimum absolute atomic E-state index is 0.174. The van der Waals surface area contributed by atoms with Crippen molar-refractivity contribution in [3.63, 3.8) is 0 Å². The lowest BCUT2D eigenvalue weighted by Crippen LogP contribution is -2.43. The summed E-state index contributed by atoms with van der Waals surface area (Å²) in [5.74, 6) is -0.993. The van der Waals surface area contributed by atoms with Gasteiger partial charge in [0.25, 0.3) is 5.91 Å². The molecule has 1 heterocycles. The molecule has 2 N–H and O–H groups in total. The molecule has 5 nitrogen and oxygen atoms in total. The van der Waals surface area contributed by atoms with Gasteiger partial charge in [-0.2, -0.15) is 0 Å². The van der Waals surface area contributed by atoms with Gasteiger partial charge in [-0.05, 0) is 25.0 Å². The molecule has 5 heteroatoms. The Morgan fingerprint density at radius 1 is 1.33 bits per heavy atom. The molecule has 1 aromatic carbocycles. The van der Waals surface area contributed by atoms with E-state index in [1.54, 1.807) is 29.2 Å². The molecule has 96 valence electrons. The van der Waals surface area contributed by atoms with Gasteiger partial charge in [0, 0.05) is 12.1 Å². The Hall–Kier alpha value is -1.88. The van der Waals surface area contributed by atoms with E-state index in [0.29, 0.717) is 18.5 Å². The second kappa shape index (κ2) is 5.64. The normalized spacial score (nSPS) is 19.7. The average Bonchev–Trinajstić information content (AvgIpc) is 2.85. The first-order valence-electron chi connectivity index (χ1n) is 5.98. The third-order valence-electron chi connectivity index (χ3n) is 3.13. The minimum atomic E-state index is -0.818. The Morgan fingerprint density at radius 3 is 2.72 bits per heavy atom. The largest absolute Gasteiger partial charge is 0.480 e. The van der Waals surface area contributed by atoms with Gasteiger partial charge < -0.3 is 10.4 Å². The topological polar surface area (TPSA) is 69.6 Å². The van der Waals surface area contributed by atoms with Gasteiger partial charge in [-0.1, -0.05) is 18.2 Å². The number of nitrogens with one attached hydrogen (secondary N) is 1. The number of nitrogens with zero attached hydrogens (tertiary/aromatic N) is 1. The Kier molecular flexibility index (Phi) is 3.94. The monoisotopic (exact) mass is 248 g/mol. The highest BCUT2D eigenvalue weighted by atomic mass is 16.4. The van der Waals surface area contributed by atoms with Crippen LogP contribution in [0.5, 0.6) is 0 Å². The molecule has 18 heavy (non-hydrogen) atoms. The van der Waals surface area contributed by atoms with Crippen molar-refractivity contribution < 1.29 is 14.7 Å². The molecule has 0 spiro atoms. The maximum absolute atomic E-state index is 11.8. The van der Waals surface area contributed by atoms with E-state index < -0.39 is 12.0 Å². The third-order valence-corrected chi connectivity index (χ3v) is 3.13. The number of hydrogen-bond acceptors (Lipinski definition) is 3. The number of likely N-dealkylation sites (tertiary alicyclic amines) is 1. The van der Waals surface area contributed by atoms with Crippen LogP contribution in [0.25, 0.3) is 0 Å². The van der Waals surface area contributed by atoms with Gasteiger partial charge in [0.1, 0.15) is 6.04 Å². The molecule has 1 atom stereocenters. The predicted molar refractivity (Wildman–Crippen MR) is 66.1 cm³/mol. The highest BCUT2D eigenvalue weighted by Gasteiger charge is 2.30. The second-order valence-corrected chi connectivity index (χ2v) is 4.34. The first-order chi connectivity index (χ1) is 8.68. The fourth-order valence-corrected chi connectivity index (χ4v) is 2.16. The molecule has 2 rings (SSSR count). The zero-order chi connectivity index (χ0) is 13.0. The van der Waals surface area contributed by atoms with Crippen LogP contribution in [0.2, 0.25) is 0 Å². The van der Waals surface area contributed by atoms with Gasteiger partial charge in [-0.25, -0.2) is 0 Å². The van der Waals surface area contributed by atoms with Crippen molar-refractivity contribution in [3.05, 3.63) is 35.9 Å². The van der Waals surface area contributed by atoms with Crippen LogP contribution in [0.1, 0.15) is 23.2 Å². The summed E-state index contributed by atoms with van der Waals surface area (Å²) < 4.78 is 0. The van der Waals surface area contributed by atoms with Crippen LogP contribution in [0, 0.1) is 0 Å². The first kappa shape index (κ1) is 12.6. The summed E-state index contributed by atoms with van der Waals surface area (Å²) in [5, 5.41) is 11.8. The van der Waals surface area contributed by atoms with Crippen molar-refractivity contribution >= 4 is 11.9 Å². The molecule has 1 amide bonds. The summed E-state index contributed by atoms with van der Waals surface area (Å²) in [6.07, 6.45) is 1.51. The molecule has 1 unspecified atom stereocenters. The van der Waals surface area contributed by atoms with E-state index in [9.17, 15) is 9.59 Å². The van der Waals surface area contributed by atoms with Gasteiger partial charge in [0.15, 0.2) is 0 Å². The smallest absolute Gasteiger partial charge is 0.320 e. The number of aliphatic carboxylic acids is 1. The van der Waals surface area contributed by atoms with Crippen molar-refractivity contribution in [2.75, 3.05) is 13.2 Å². The van der Waals surface area contributed by atoms with Crippen molar-refractivity contribution in [2.24, 2.45) is 0 Å². The fraction of sp³-hybridized carbons (Fsp3) is 0.385. The Labute approximate surface area is 105 Å². The van der Waals surface area contributed by atoms with Gasteiger partial charge in [-0.15, -0.1) is 0 Å². The highest BCUT2D eigenvalue weighted by molar-refractivity contribution is 5.94. The highest BCUT2D eigenvalue weighted by Crippen LogP contribution is 2.16. The summed E-state index contributed by atoms with van der Waals surface area (Å²) in [6, 6.07) is 8.43. The van der Waals surface area contributed by atoms with E-state index in [0.717, 1.165) is 6.42 Å². The maximum atomic E-state index is 11.8. The number of hydrogen-bond donors (Lipinski definition) is 2. The number of carboxylic acids is 1. The van der Waals surface area contributed by atoms with Gasteiger partial charge >= 0.3 is 5.97 Å². The summed E-state index contributed by atoms with van der Waals surface area (Å²) in [6.45, 7) is 0.997. The lowest BCUT2D eigenvalue weighted by atomic mass is 10.2. The third kappa shape index (κ3) is 2.87. The van der Waals surface area contributed by atoms with E-state index in [4.69, 9.17) is 5.11 Å². The first-order valence-corrected chi connectivity index (χ1v) is 5.98. The molecule has 1 aliphatic heterocycles. The van der Waals surface area contributed by atoms with Crippen molar-refractivity contribution in [1.82, 2.24) is 10.2 Å². The van der Waals surface area contributed by atoms with Crippen LogP contribution in [0.3, 0.4) is 0 Å². The Balaban J connectivity index is 1.88. The molecule has 1 fully saturated rings. The lowest BCUT2D eigenvalue weighted by molar-refractivity contribution is -0.142. The van der Waals surface area contributed by atoms with E-state index in [2.05, 4.69) is 5.32 Å². The number of benzene rings is 1. The molecule has 0 aromatic heterocycles. The predicted octanol–water partition coefficient (Wildman–Crippen LogP) is 0.923. The van der Waals surface area contributed by atoms with Crippen LogP contribution in [-0.4, -0.2) is 41.1 Å². The molecule has 0 radical (unpaired) electrons. The maximum Gasteiger partial charge on any atom is 0.320 e. The van der Waals surface area contributed by atoms with Crippen LogP contribution in [0.15, 0.2) is 30.3 Å². The zero-order valence-electron chi connectivity index (χ0n) is 10.0. The van der Waals surface area contributed by atoms with Crippen LogP contribution in [-0.2, 0) is 4.79 Å². The van der Waals surface area contributed by atoms with Crippen LogP contribution >= 0.6 is 0 Å². The van der Waals surface area contributed by atoms with Crippen molar-refractivity contribution in [2.45, 2.75) is 18.9 Å². The van der Waals surface area contributed by atoms with E-state index in [1.165, 1.54) is 0 Å².